The van der Waals surface area contributed by atoms with Gasteiger partial charge in [0.1, 0.15) is 5.82 Å². The molecule has 0 radical (unpaired) electrons. The number of halogens is 1. The largest absolute Gasteiger partial charge is 0.490 e. The minimum absolute atomic E-state index is 0.0243. The Bertz CT molecular complexity index is 841. The number of unbranched alkanes of at least 4 members (excludes halogenated alkanes) is 1. The van der Waals surface area contributed by atoms with Crippen LogP contribution < -0.4 is 15.8 Å². The molecule has 26 heavy (non-hydrogen) atoms. The van der Waals surface area contributed by atoms with E-state index in [4.69, 9.17) is 10.5 Å². The van der Waals surface area contributed by atoms with Crippen LogP contribution in [0.5, 0.6) is 5.75 Å². The summed E-state index contributed by atoms with van der Waals surface area (Å²) in [5.41, 5.74) is 7.08. The van der Waals surface area contributed by atoms with Gasteiger partial charge in [0.2, 0.25) is 0 Å². The zero-order valence-electron chi connectivity index (χ0n) is 14.9. The average molecular weight is 355 g/mol. The Hall–Kier alpha value is -3.07. The Morgan fingerprint density at radius 3 is 2.88 bits per heavy atom. The lowest BCUT2D eigenvalue weighted by Crippen LogP contribution is -2.24. The van der Waals surface area contributed by atoms with Crippen LogP contribution in [-0.4, -0.2) is 17.5 Å². The summed E-state index contributed by atoms with van der Waals surface area (Å²) in [6, 6.07) is 8.15. The van der Waals surface area contributed by atoms with Crippen LogP contribution in [0.15, 0.2) is 30.3 Å². The molecular weight excluding hydrogens is 333 g/mol. The highest BCUT2D eigenvalue weighted by Crippen LogP contribution is 2.21. The number of anilines is 1. The molecule has 5 nitrogen and oxygen atoms in total. The van der Waals surface area contributed by atoms with E-state index in [1.807, 2.05) is 0 Å². The van der Waals surface area contributed by atoms with E-state index >= 15 is 0 Å². The molecule has 2 aromatic rings. The quantitative estimate of drug-likeness (QED) is 0.590. The molecule has 0 spiro atoms. The van der Waals surface area contributed by atoms with Crippen LogP contribution >= 0.6 is 0 Å². The van der Waals surface area contributed by atoms with Crippen molar-refractivity contribution in [2.45, 2.75) is 33.2 Å². The summed E-state index contributed by atoms with van der Waals surface area (Å²) in [6.45, 7) is 3.97. The first-order valence-electron chi connectivity index (χ1n) is 8.34. The molecule has 0 unspecified atom stereocenters. The van der Waals surface area contributed by atoms with Gasteiger partial charge >= 0.3 is 0 Å². The van der Waals surface area contributed by atoms with Gasteiger partial charge in [-0.15, -0.1) is 11.8 Å². The van der Waals surface area contributed by atoms with E-state index < -0.39 is 11.7 Å². The predicted octanol–water partition coefficient (Wildman–Crippen LogP) is 3.22. The summed E-state index contributed by atoms with van der Waals surface area (Å²) in [5, 5.41) is 2.65. The molecule has 1 amide bonds. The Labute approximate surface area is 152 Å². The molecule has 1 aromatic heterocycles. The van der Waals surface area contributed by atoms with E-state index in [1.54, 1.807) is 44.2 Å². The molecule has 0 atom stereocenters. The van der Waals surface area contributed by atoms with E-state index in [0.29, 0.717) is 18.6 Å². The molecule has 3 N–H and O–H groups in total. The maximum Gasteiger partial charge on any atom is 0.255 e. The number of ether oxygens (including phenoxy) is 1. The van der Waals surface area contributed by atoms with Crippen molar-refractivity contribution >= 4 is 11.7 Å². The first-order valence-corrected chi connectivity index (χ1v) is 8.34. The minimum atomic E-state index is -0.482. The maximum absolute atomic E-state index is 14.5. The normalized spacial score (nSPS) is 9.96. The predicted molar refractivity (Wildman–Crippen MR) is 99.1 cm³/mol. The summed E-state index contributed by atoms with van der Waals surface area (Å²) in [4.78, 5) is 16.3. The lowest BCUT2D eigenvalue weighted by Gasteiger charge is -2.11. The average Bonchev–Trinajstić information content (AvgIpc) is 2.61. The van der Waals surface area contributed by atoms with Gasteiger partial charge in [0.05, 0.1) is 12.2 Å². The molecule has 0 aliphatic rings. The van der Waals surface area contributed by atoms with Crippen LogP contribution in [0.2, 0.25) is 0 Å². The van der Waals surface area contributed by atoms with Gasteiger partial charge in [-0.25, -0.2) is 9.37 Å². The Morgan fingerprint density at radius 2 is 2.15 bits per heavy atom. The van der Waals surface area contributed by atoms with Gasteiger partial charge in [0.15, 0.2) is 11.6 Å². The summed E-state index contributed by atoms with van der Waals surface area (Å²) in [6.07, 6.45) is 1.43. The number of aryl methyl sites for hydroxylation is 1. The highest BCUT2D eigenvalue weighted by molar-refractivity contribution is 5.98. The van der Waals surface area contributed by atoms with Gasteiger partial charge < -0.3 is 15.8 Å². The number of nitrogens with one attached hydrogen (secondary N) is 1. The number of rotatable bonds is 7. The van der Waals surface area contributed by atoms with Crippen molar-refractivity contribution in [3.8, 4) is 17.6 Å². The van der Waals surface area contributed by atoms with Crippen LogP contribution in [0, 0.1) is 24.6 Å². The topological polar surface area (TPSA) is 77.2 Å². The molecular formula is C20H22FN3O2. The third-order valence-corrected chi connectivity index (χ3v) is 3.67. The molecule has 2 rings (SSSR count). The summed E-state index contributed by atoms with van der Waals surface area (Å²) >= 11 is 0. The monoisotopic (exact) mass is 355 g/mol. The number of amides is 1. The number of nitrogens with zero attached hydrogens (tertiary/aromatic N) is 1. The van der Waals surface area contributed by atoms with Crippen LogP contribution in [0.4, 0.5) is 10.2 Å². The van der Waals surface area contributed by atoms with Crippen molar-refractivity contribution in [2.24, 2.45) is 0 Å². The molecule has 0 saturated heterocycles. The number of aromatic nitrogens is 1. The standard InChI is InChI=1S/C20H22FN3O2/c1-3-4-5-6-12-26-17-9-7-8-15(18(17)21)13-23-20(25)16-11-10-14(2)24-19(16)22/h7-11H,5-6,12-13H2,1-2H3,(H2,22,24)(H,23,25). The van der Waals surface area contributed by atoms with Crippen molar-refractivity contribution < 1.29 is 13.9 Å². The van der Waals surface area contributed by atoms with Gasteiger partial charge in [-0.2, -0.15) is 0 Å². The zero-order chi connectivity index (χ0) is 18.9. The fourth-order valence-electron chi connectivity index (χ4n) is 2.31. The molecule has 0 saturated carbocycles. The highest BCUT2D eigenvalue weighted by atomic mass is 19.1. The molecule has 6 heteroatoms. The number of pyridine rings is 1. The number of carbonyl (C=O) groups is 1. The molecule has 1 heterocycles. The van der Waals surface area contributed by atoms with Crippen molar-refractivity contribution in [2.75, 3.05) is 12.3 Å². The molecule has 136 valence electrons. The third kappa shape index (κ3) is 5.21. The maximum atomic E-state index is 14.5. The molecule has 1 aromatic carbocycles. The summed E-state index contributed by atoms with van der Waals surface area (Å²) in [7, 11) is 0. The zero-order valence-corrected chi connectivity index (χ0v) is 14.9. The van der Waals surface area contributed by atoms with Crippen molar-refractivity contribution in [1.82, 2.24) is 10.3 Å². The molecule has 0 bridgehead atoms. The number of carbonyl (C=O) groups excluding carboxylic acids is 1. The Balaban J connectivity index is 1.97. The number of benzene rings is 1. The van der Waals surface area contributed by atoms with Gasteiger partial charge in [-0.1, -0.05) is 12.1 Å². The minimum Gasteiger partial charge on any atom is -0.490 e. The second-order valence-corrected chi connectivity index (χ2v) is 5.68. The SMILES string of the molecule is CC#CCCCOc1cccc(CNC(=O)c2ccc(C)nc2N)c1F. The first-order chi connectivity index (χ1) is 12.5. The fourth-order valence-corrected chi connectivity index (χ4v) is 2.31. The summed E-state index contributed by atoms with van der Waals surface area (Å²) < 4.78 is 20.0. The Kier molecular flexibility index (Phi) is 6.98. The molecule has 0 fully saturated rings. The van der Waals surface area contributed by atoms with E-state index in [1.165, 1.54) is 0 Å². The van der Waals surface area contributed by atoms with E-state index in [0.717, 1.165) is 12.1 Å². The lowest BCUT2D eigenvalue weighted by atomic mass is 10.1. The van der Waals surface area contributed by atoms with Gasteiger partial charge in [-0.05, 0) is 38.5 Å². The lowest BCUT2D eigenvalue weighted by molar-refractivity contribution is 0.0951. The van der Waals surface area contributed by atoms with E-state index in [9.17, 15) is 9.18 Å². The third-order valence-electron chi connectivity index (χ3n) is 3.67. The van der Waals surface area contributed by atoms with E-state index in [2.05, 4.69) is 22.1 Å². The number of nitrogens with two attached hydrogens (primary N) is 1. The summed E-state index contributed by atoms with van der Waals surface area (Å²) in [5.74, 6) is 5.16. The smallest absolute Gasteiger partial charge is 0.255 e. The van der Waals surface area contributed by atoms with Crippen LogP contribution in [0.1, 0.15) is 41.4 Å². The Morgan fingerprint density at radius 1 is 1.35 bits per heavy atom. The van der Waals surface area contributed by atoms with Gasteiger partial charge in [0.25, 0.3) is 5.91 Å². The van der Waals surface area contributed by atoms with Crippen LogP contribution in [0.25, 0.3) is 0 Å². The molecule has 0 aliphatic carbocycles. The fraction of sp³-hybridized carbons (Fsp3) is 0.300. The van der Waals surface area contributed by atoms with Crippen LogP contribution in [-0.2, 0) is 6.54 Å². The second-order valence-electron chi connectivity index (χ2n) is 5.68. The number of nitrogen functional groups attached to an aromatic ring is 1. The molecule has 0 aliphatic heterocycles. The second kappa shape index (κ2) is 9.42. The van der Waals surface area contributed by atoms with Gasteiger partial charge in [-0.3, -0.25) is 4.79 Å². The number of hydrogen-bond donors (Lipinski definition) is 2. The van der Waals surface area contributed by atoms with E-state index in [-0.39, 0.29) is 23.7 Å². The number of hydrogen-bond acceptors (Lipinski definition) is 4. The van der Waals surface area contributed by atoms with Crippen molar-refractivity contribution in [1.29, 1.82) is 0 Å². The highest BCUT2D eigenvalue weighted by Gasteiger charge is 2.13. The van der Waals surface area contributed by atoms with Gasteiger partial charge in [0, 0.05) is 24.2 Å². The van der Waals surface area contributed by atoms with Crippen LogP contribution in [0.3, 0.4) is 0 Å². The van der Waals surface area contributed by atoms with Crippen molar-refractivity contribution in [3.63, 3.8) is 0 Å². The first kappa shape index (κ1) is 19.3. The van der Waals surface area contributed by atoms with Crippen molar-refractivity contribution in [3.05, 3.63) is 53.0 Å².